The van der Waals surface area contributed by atoms with Gasteiger partial charge in [0.2, 0.25) is 5.91 Å². The summed E-state index contributed by atoms with van der Waals surface area (Å²) in [5.41, 5.74) is 6.52. The van der Waals surface area contributed by atoms with Crippen LogP contribution in [0, 0.1) is 5.82 Å². The van der Waals surface area contributed by atoms with Crippen LogP contribution in [0.3, 0.4) is 0 Å². The van der Waals surface area contributed by atoms with E-state index in [2.05, 4.69) is 11.4 Å². The molecule has 0 saturated heterocycles. The van der Waals surface area contributed by atoms with E-state index in [4.69, 9.17) is 9.47 Å². The molecule has 2 aromatic carbocycles. The monoisotopic (exact) mass is 431 g/mol. The maximum atomic E-state index is 14.1. The van der Waals surface area contributed by atoms with Crippen molar-refractivity contribution in [3.63, 3.8) is 0 Å². The molecule has 5 heteroatoms. The molecule has 0 saturated carbocycles. The molecule has 2 aromatic rings. The quantitative estimate of drug-likeness (QED) is 0.624. The summed E-state index contributed by atoms with van der Waals surface area (Å²) in [6.07, 6.45) is 9.17. The van der Waals surface area contributed by atoms with E-state index in [1.165, 1.54) is 17.7 Å². The van der Waals surface area contributed by atoms with Crippen molar-refractivity contribution in [2.45, 2.75) is 19.8 Å². The molecule has 1 N–H and O–H groups in total. The smallest absolute Gasteiger partial charge is 0.224 e. The highest BCUT2D eigenvalue weighted by atomic mass is 19.1. The highest BCUT2D eigenvalue weighted by Gasteiger charge is 2.26. The number of ether oxygens (including phenoxy) is 2. The van der Waals surface area contributed by atoms with Crippen LogP contribution in [0.4, 0.5) is 4.39 Å². The molecule has 164 valence electrons. The zero-order valence-corrected chi connectivity index (χ0v) is 18.5. The Hall–Kier alpha value is -3.60. The van der Waals surface area contributed by atoms with Crippen molar-refractivity contribution in [1.29, 1.82) is 0 Å². The molecule has 0 unspecified atom stereocenters. The number of halogens is 1. The summed E-state index contributed by atoms with van der Waals surface area (Å²) < 4.78 is 24.9. The molecule has 0 atom stereocenters. The van der Waals surface area contributed by atoms with Crippen molar-refractivity contribution < 1.29 is 18.7 Å². The Bertz CT molecular complexity index is 1170. The minimum Gasteiger partial charge on any atom is -0.497 e. The van der Waals surface area contributed by atoms with Crippen molar-refractivity contribution in [2.24, 2.45) is 0 Å². The Kier molecular flexibility index (Phi) is 6.26. The molecule has 32 heavy (non-hydrogen) atoms. The molecule has 0 radical (unpaired) electrons. The van der Waals surface area contributed by atoms with Gasteiger partial charge in [-0.05, 0) is 82.7 Å². The number of hydrogen-bond donors (Lipinski definition) is 1. The summed E-state index contributed by atoms with van der Waals surface area (Å²) in [4.78, 5) is 12.7. The van der Waals surface area contributed by atoms with E-state index in [0.717, 1.165) is 39.8 Å². The first-order chi connectivity index (χ1) is 15.5. The van der Waals surface area contributed by atoms with Crippen LogP contribution in [-0.4, -0.2) is 26.7 Å². The van der Waals surface area contributed by atoms with Crippen LogP contribution in [0.1, 0.15) is 36.5 Å². The summed E-state index contributed by atoms with van der Waals surface area (Å²) in [5, 5.41) is 2.98. The average molecular weight is 432 g/mol. The first-order valence-corrected chi connectivity index (χ1v) is 10.5. The Morgan fingerprint density at radius 3 is 2.50 bits per heavy atom. The Labute approximate surface area is 187 Å². The number of rotatable bonds is 7. The molecule has 4 rings (SSSR count). The highest BCUT2D eigenvalue weighted by molar-refractivity contribution is 6.08. The van der Waals surface area contributed by atoms with Crippen LogP contribution < -0.4 is 14.8 Å². The summed E-state index contributed by atoms with van der Waals surface area (Å²) in [6.45, 7) is 2.51. The van der Waals surface area contributed by atoms with E-state index in [1.54, 1.807) is 20.3 Å². The van der Waals surface area contributed by atoms with Gasteiger partial charge in [0.15, 0.2) is 0 Å². The second kappa shape index (κ2) is 9.27. The van der Waals surface area contributed by atoms with Gasteiger partial charge in [0.1, 0.15) is 17.3 Å². The number of carbonyl (C=O) groups excluding carboxylic acids is 1. The summed E-state index contributed by atoms with van der Waals surface area (Å²) in [5.74, 6) is 0.975. The van der Waals surface area contributed by atoms with Gasteiger partial charge in [0, 0.05) is 12.6 Å². The Morgan fingerprint density at radius 1 is 1.09 bits per heavy atom. The van der Waals surface area contributed by atoms with Gasteiger partial charge in [-0.25, -0.2) is 4.39 Å². The molecule has 1 amide bonds. The van der Waals surface area contributed by atoms with E-state index in [9.17, 15) is 9.18 Å². The lowest BCUT2D eigenvalue weighted by atomic mass is 10.0. The van der Waals surface area contributed by atoms with Crippen molar-refractivity contribution in [2.75, 3.05) is 20.8 Å². The van der Waals surface area contributed by atoms with Gasteiger partial charge in [-0.3, -0.25) is 4.79 Å². The minimum atomic E-state index is -0.319. The second-order valence-corrected chi connectivity index (χ2v) is 7.91. The van der Waals surface area contributed by atoms with E-state index in [0.29, 0.717) is 18.0 Å². The van der Waals surface area contributed by atoms with Crippen molar-refractivity contribution in [1.82, 2.24) is 5.32 Å². The molecule has 0 aliphatic heterocycles. The highest BCUT2D eigenvalue weighted by Crippen LogP contribution is 2.44. The van der Waals surface area contributed by atoms with E-state index in [1.807, 2.05) is 43.4 Å². The molecule has 0 bridgehead atoms. The normalized spacial score (nSPS) is 15.8. The maximum absolute atomic E-state index is 14.1. The van der Waals surface area contributed by atoms with Crippen LogP contribution in [0.25, 0.3) is 17.2 Å². The van der Waals surface area contributed by atoms with Crippen molar-refractivity contribution >= 4 is 23.1 Å². The topological polar surface area (TPSA) is 47.6 Å². The third-order valence-electron chi connectivity index (χ3n) is 5.84. The van der Waals surface area contributed by atoms with Crippen molar-refractivity contribution in [3.8, 4) is 11.5 Å². The third kappa shape index (κ3) is 4.52. The molecule has 0 aromatic heterocycles. The standard InChI is InChI=1S/C27H26FNO3/c1-17-24(12-19-10-21(31-2)14-22(11-19)32-3)23-9-8-20(28)13-26(23)25(17)15-27(30)29-16-18-6-4-5-7-18/h4-6,8-14H,7,15-16H2,1-3H3,(H,29,30). The average Bonchev–Trinajstić information content (AvgIpc) is 3.40. The molecule has 0 heterocycles. The number of hydrogen-bond acceptors (Lipinski definition) is 3. The van der Waals surface area contributed by atoms with Gasteiger partial charge >= 0.3 is 0 Å². The van der Waals surface area contributed by atoms with Gasteiger partial charge in [-0.2, -0.15) is 0 Å². The molecule has 4 nitrogen and oxygen atoms in total. The number of fused-ring (bicyclic) bond motifs is 1. The van der Waals surface area contributed by atoms with Crippen molar-refractivity contribution in [3.05, 3.63) is 88.3 Å². The van der Waals surface area contributed by atoms with Gasteiger partial charge in [0.25, 0.3) is 0 Å². The summed E-state index contributed by atoms with van der Waals surface area (Å²) in [7, 11) is 3.22. The van der Waals surface area contributed by atoms with E-state index in [-0.39, 0.29) is 18.1 Å². The first-order valence-electron chi connectivity index (χ1n) is 10.5. The van der Waals surface area contributed by atoms with Crippen LogP contribution in [-0.2, 0) is 4.79 Å². The van der Waals surface area contributed by atoms with Gasteiger partial charge < -0.3 is 14.8 Å². The molecular formula is C27H26FNO3. The SMILES string of the molecule is COc1cc(C=C2C(C)=C(CC(=O)NCC3=CC=CC3)c3cc(F)ccc32)cc(OC)c1. The number of carbonyl (C=O) groups is 1. The second-order valence-electron chi connectivity index (χ2n) is 7.91. The fourth-order valence-electron chi connectivity index (χ4n) is 4.12. The predicted octanol–water partition coefficient (Wildman–Crippen LogP) is 5.56. The molecule has 2 aliphatic rings. The summed E-state index contributed by atoms with van der Waals surface area (Å²) >= 11 is 0. The number of allylic oxidation sites excluding steroid dienone is 5. The van der Waals surface area contributed by atoms with E-state index < -0.39 is 0 Å². The van der Waals surface area contributed by atoms with Crippen LogP contribution in [0.15, 0.2) is 65.8 Å². The molecule has 0 fully saturated rings. The first kappa shape index (κ1) is 21.6. The van der Waals surface area contributed by atoms with Gasteiger partial charge in [0.05, 0.1) is 20.6 Å². The Balaban J connectivity index is 1.67. The maximum Gasteiger partial charge on any atom is 0.224 e. The fraction of sp³-hybridized carbons (Fsp3) is 0.222. The number of methoxy groups -OCH3 is 2. The number of nitrogens with one attached hydrogen (secondary N) is 1. The molecular weight excluding hydrogens is 405 g/mol. The summed E-state index contributed by atoms with van der Waals surface area (Å²) in [6, 6.07) is 10.4. The largest absolute Gasteiger partial charge is 0.497 e. The zero-order chi connectivity index (χ0) is 22.7. The van der Waals surface area contributed by atoms with Gasteiger partial charge in [-0.1, -0.05) is 24.3 Å². The number of amides is 1. The van der Waals surface area contributed by atoms with Crippen LogP contribution in [0.5, 0.6) is 11.5 Å². The van der Waals surface area contributed by atoms with E-state index >= 15 is 0 Å². The predicted molar refractivity (Wildman–Crippen MR) is 126 cm³/mol. The lowest BCUT2D eigenvalue weighted by Crippen LogP contribution is -2.25. The lowest BCUT2D eigenvalue weighted by Gasteiger charge is -2.09. The Morgan fingerprint density at radius 2 is 1.84 bits per heavy atom. The molecule has 0 spiro atoms. The third-order valence-corrected chi connectivity index (χ3v) is 5.84. The van der Waals surface area contributed by atoms with Crippen LogP contribution >= 0.6 is 0 Å². The molecule has 2 aliphatic carbocycles. The van der Waals surface area contributed by atoms with Crippen LogP contribution in [0.2, 0.25) is 0 Å². The fourth-order valence-corrected chi connectivity index (χ4v) is 4.12. The minimum absolute atomic E-state index is 0.0772. The lowest BCUT2D eigenvalue weighted by molar-refractivity contribution is -0.119. The van der Waals surface area contributed by atoms with Gasteiger partial charge in [-0.15, -0.1) is 0 Å². The number of benzene rings is 2. The zero-order valence-electron chi connectivity index (χ0n) is 18.5.